The molecule has 0 spiro atoms. The summed E-state index contributed by atoms with van der Waals surface area (Å²) in [4.78, 5) is 0. The van der Waals surface area contributed by atoms with E-state index in [4.69, 9.17) is 4.74 Å². The molecule has 0 fully saturated rings. The van der Waals surface area contributed by atoms with Crippen LogP contribution in [-0.2, 0) is 0 Å². The Morgan fingerprint density at radius 3 is 2.43 bits per heavy atom. The van der Waals surface area contributed by atoms with Gasteiger partial charge in [0, 0.05) is 11.6 Å². The fourth-order valence-corrected chi connectivity index (χ4v) is 2.18. The van der Waals surface area contributed by atoms with Gasteiger partial charge in [0.25, 0.3) is 0 Å². The molecular formula is C18H22FNO. The summed E-state index contributed by atoms with van der Waals surface area (Å²) >= 11 is 0. The number of para-hydroxylation sites is 1. The molecule has 0 aliphatic carbocycles. The molecule has 0 aliphatic rings. The van der Waals surface area contributed by atoms with E-state index in [0.29, 0.717) is 17.4 Å². The lowest BCUT2D eigenvalue weighted by Gasteiger charge is -2.17. The van der Waals surface area contributed by atoms with Gasteiger partial charge in [-0.15, -0.1) is 0 Å². The minimum absolute atomic E-state index is 0.0176. The van der Waals surface area contributed by atoms with Crippen molar-refractivity contribution in [3.63, 3.8) is 0 Å². The predicted molar refractivity (Wildman–Crippen MR) is 84.5 cm³/mol. The van der Waals surface area contributed by atoms with Gasteiger partial charge in [-0.25, -0.2) is 4.39 Å². The van der Waals surface area contributed by atoms with Crippen LogP contribution < -0.4 is 10.1 Å². The van der Waals surface area contributed by atoms with Crippen LogP contribution in [0.2, 0.25) is 0 Å². The number of nitrogens with one attached hydrogen (secondary N) is 1. The zero-order valence-corrected chi connectivity index (χ0v) is 13.0. The third-order valence-corrected chi connectivity index (χ3v) is 3.64. The van der Waals surface area contributed by atoms with E-state index in [2.05, 4.69) is 25.2 Å². The molecule has 1 atom stereocenters. The molecule has 112 valence electrons. The van der Waals surface area contributed by atoms with Gasteiger partial charge in [-0.1, -0.05) is 38.1 Å². The first-order valence-corrected chi connectivity index (χ1v) is 7.26. The summed E-state index contributed by atoms with van der Waals surface area (Å²) in [7, 11) is 1.85. The van der Waals surface area contributed by atoms with Gasteiger partial charge >= 0.3 is 0 Å². The van der Waals surface area contributed by atoms with Crippen LogP contribution in [0.15, 0.2) is 42.5 Å². The maximum atomic E-state index is 14.1. The minimum Gasteiger partial charge on any atom is -0.454 e. The highest BCUT2D eigenvalue weighted by Gasteiger charge is 2.15. The first kappa shape index (κ1) is 15.5. The third kappa shape index (κ3) is 3.61. The Balaban J connectivity index is 2.37. The van der Waals surface area contributed by atoms with Crippen LogP contribution in [-0.4, -0.2) is 7.05 Å². The molecule has 2 aromatic rings. The van der Waals surface area contributed by atoms with Gasteiger partial charge in [0.15, 0.2) is 11.6 Å². The van der Waals surface area contributed by atoms with Gasteiger partial charge in [-0.3, -0.25) is 0 Å². The maximum Gasteiger partial charge on any atom is 0.167 e. The van der Waals surface area contributed by atoms with Crippen LogP contribution >= 0.6 is 0 Å². The molecule has 2 aromatic carbocycles. The highest BCUT2D eigenvalue weighted by molar-refractivity contribution is 5.41. The van der Waals surface area contributed by atoms with Crippen molar-refractivity contribution in [3.05, 3.63) is 59.4 Å². The molecular weight excluding hydrogens is 265 g/mol. The molecule has 2 nitrogen and oxygen atoms in total. The van der Waals surface area contributed by atoms with Crippen molar-refractivity contribution in [3.8, 4) is 11.5 Å². The van der Waals surface area contributed by atoms with E-state index in [0.717, 1.165) is 5.56 Å². The van der Waals surface area contributed by atoms with Crippen molar-refractivity contribution in [1.82, 2.24) is 5.32 Å². The lowest BCUT2D eigenvalue weighted by atomic mass is 10.0. The van der Waals surface area contributed by atoms with Crippen molar-refractivity contribution >= 4 is 0 Å². The molecule has 0 amide bonds. The van der Waals surface area contributed by atoms with Crippen LogP contribution in [0.3, 0.4) is 0 Å². The van der Waals surface area contributed by atoms with Crippen LogP contribution in [0.5, 0.6) is 11.5 Å². The fraction of sp³-hybridized carbons (Fsp3) is 0.333. The molecule has 0 heterocycles. The van der Waals surface area contributed by atoms with Gasteiger partial charge < -0.3 is 10.1 Å². The molecule has 3 heteroatoms. The Hall–Kier alpha value is -1.87. The van der Waals surface area contributed by atoms with Crippen LogP contribution in [0.4, 0.5) is 4.39 Å². The molecule has 0 bridgehead atoms. The van der Waals surface area contributed by atoms with Crippen LogP contribution in [0.25, 0.3) is 0 Å². The third-order valence-electron chi connectivity index (χ3n) is 3.64. The topological polar surface area (TPSA) is 21.3 Å². The maximum absolute atomic E-state index is 14.1. The zero-order chi connectivity index (χ0) is 15.4. The number of hydrogen-bond donors (Lipinski definition) is 1. The van der Waals surface area contributed by atoms with Gasteiger partial charge in [0.1, 0.15) is 5.75 Å². The van der Waals surface area contributed by atoms with Crippen LogP contribution in [0.1, 0.15) is 43.9 Å². The lowest BCUT2D eigenvalue weighted by molar-refractivity contribution is 0.428. The molecule has 1 N–H and O–H groups in total. The van der Waals surface area contributed by atoms with Crippen molar-refractivity contribution < 1.29 is 9.13 Å². The molecule has 0 saturated carbocycles. The standard InChI is InChI=1S/C18H22FNO/c1-12(2)14-7-5-8-15(11-14)21-18-16(13(3)20-4)9-6-10-17(18)19/h5-13,20H,1-4H3. The van der Waals surface area contributed by atoms with E-state index in [1.807, 2.05) is 38.2 Å². The Bertz CT molecular complexity index is 610. The second kappa shape index (κ2) is 6.72. The Labute approximate surface area is 126 Å². The van der Waals surface area contributed by atoms with E-state index in [-0.39, 0.29) is 11.9 Å². The van der Waals surface area contributed by atoms with Crippen molar-refractivity contribution in [2.45, 2.75) is 32.7 Å². The summed E-state index contributed by atoms with van der Waals surface area (Å²) in [5, 5.41) is 3.12. The van der Waals surface area contributed by atoms with Crippen LogP contribution in [0, 0.1) is 5.82 Å². The van der Waals surface area contributed by atoms with Gasteiger partial charge in [-0.2, -0.15) is 0 Å². The predicted octanol–water partition coefficient (Wildman–Crippen LogP) is 5.02. The number of hydrogen-bond acceptors (Lipinski definition) is 2. The van der Waals surface area contributed by atoms with E-state index in [9.17, 15) is 4.39 Å². The summed E-state index contributed by atoms with van der Waals surface area (Å²) in [5.74, 6) is 1.02. The quantitative estimate of drug-likeness (QED) is 0.833. The average molecular weight is 287 g/mol. The van der Waals surface area contributed by atoms with Gasteiger partial charge in [0.2, 0.25) is 0 Å². The summed E-state index contributed by atoms with van der Waals surface area (Å²) in [6, 6.07) is 12.8. The number of rotatable bonds is 5. The number of benzene rings is 2. The van der Waals surface area contributed by atoms with Gasteiger partial charge in [0.05, 0.1) is 0 Å². The van der Waals surface area contributed by atoms with Crippen molar-refractivity contribution in [1.29, 1.82) is 0 Å². The normalized spacial score (nSPS) is 12.5. The Kier molecular flexibility index (Phi) is 4.97. The molecule has 0 aliphatic heterocycles. The van der Waals surface area contributed by atoms with Gasteiger partial charge in [-0.05, 0) is 43.7 Å². The number of halogens is 1. The number of ether oxygens (including phenoxy) is 1. The van der Waals surface area contributed by atoms with E-state index in [1.54, 1.807) is 6.07 Å². The molecule has 2 rings (SSSR count). The highest BCUT2D eigenvalue weighted by Crippen LogP contribution is 2.33. The SMILES string of the molecule is CNC(C)c1cccc(F)c1Oc1cccc(C(C)C)c1. The first-order chi connectivity index (χ1) is 10.0. The lowest BCUT2D eigenvalue weighted by Crippen LogP contribution is -2.13. The average Bonchev–Trinajstić information content (AvgIpc) is 2.48. The van der Waals surface area contributed by atoms with E-state index < -0.39 is 0 Å². The Morgan fingerprint density at radius 2 is 1.76 bits per heavy atom. The zero-order valence-electron chi connectivity index (χ0n) is 13.0. The smallest absolute Gasteiger partial charge is 0.167 e. The highest BCUT2D eigenvalue weighted by atomic mass is 19.1. The van der Waals surface area contributed by atoms with Crippen molar-refractivity contribution in [2.24, 2.45) is 0 Å². The summed E-state index contributed by atoms with van der Waals surface area (Å²) in [6.45, 7) is 6.22. The summed E-state index contributed by atoms with van der Waals surface area (Å²) < 4.78 is 20.0. The second-order valence-corrected chi connectivity index (χ2v) is 5.50. The second-order valence-electron chi connectivity index (χ2n) is 5.50. The largest absolute Gasteiger partial charge is 0.454 e. The van der Waals surface area contributed by atoms with E-state index >= 15 is 0 Å². The van der Waals surface area contributed by atoms with E-state index in [1.165, 1.54) is 11.6 Å². The molecule has 0 aromatic heterocycles. The minimum atomic E-state index is -0.343. The van der Waals surface area contributed by atoms with Crippen molar-refractivity contribution in [2.75, 3.05) is 7.05 Å². The molecule has 0 saturated heterocycles. The monoisotopic (exact) mass is 287 g/mol. The first-order valence-electron chi connectivity index (χ1n) is 7.26. The summed E-state index contributed by atoms with van der Waals surface area (Å²) in [5.41, 5.74) is 1.99. The fourth-order valence-electron chi connectivity index (χ4n) is 2.18. The Morgan fingerprint density at radius 1 is 1.05 bits per heavy atom. The molecule has 1 unspecified atom stereocenters. The summed E-state index contributed by atoms with van der Waals surface area (Å²) in [6.07, 6.45) is 0. The molecule has 0 radical (unpaired) electrons. The molecule has 21 heavy (non-hydrogen) atoms.